The minimum Gasteiger partial charge on any atom is -0.483 e. The number of rotatable bonds is 0. The van der Waals surface area contributed by atoms with Crippen LogP contribution >= 0.6 is 0 Å². The molecule has 0 unspecified atom stereocenters. The Morgan fingerprint density at radius 1 is 1.11 bits per heavy atom. The van der Waals surface area contributed by atoms with Crippen molar-refractivity contribution in [1.82, 2.24) is 0 Å². The Morgan fingerprint density at radius 2 is 1.33 bits per heavy atom. The maximum Gasteiger partial charge on any atom is 0.290 e. The molecule has 0 aromatic heterocycles. The first kappa shape index (κ1) is 8.39. The van der Waals surface area contributed by atoms with E-state index in [-0.39, 0.29) is 6.47 Å². The number of carboxylic acid groups (broad SMARTS) is 1. The second-order valence-corrected chi connectivity index (χ2v) is 1.33. The molecule has 0 aliphatic carbocycles. The van der Waals surface area contributed by atoms with E-state index >= 15 is 0 Å². The van der Waals surface area contributed by atoms with Gasteiger partial charge in [-0.25, -0.2) is 0 Å². The molecule has 0 radical (unpaired) electrons. The first-order valence-corrected chi connectivity index (χ1v) is 2.65. The van der Waals surface area contributed by atoms with Gasteiger partial charge in [-0.05, 0) is 0 Å². The molecular formula is C5H10O4. The highest BCUT2D eigenvalue weighted by Gasteiger charge is 1.94. The van der Waals surface area contributed by atoms with E-state index in [1.807, 2.05) is 0 Å². The summed E-state index contributed by atoms with van der Waals surface area (Å²) < 4.78 is 9.89. The Balaban J connectivity index is 0.000000187. The number of hydrogen-bond acceptors (Lipinski definition) is 3. The third-order valence-corrected chi connectivity index (χ3v) is 0.744. The summed E-state index contributed by atoms with van der Waals surface area (Å²) in [6.45, 7) is 2.86. The van der Waals surface area contributed by atoms with Crippen molar-refractivity contribution in [3.05, 3.63) is 0 Å². The van der Waals surface area contributed by atoms with E-state index in [1.54, 1.807) is 0 Å². The predicted octanol–water partition coefficient (Wildman–Crippen LogP) is -0.266. The monoisotopic (exact) mass is 134 g/mol. The van der Waals surface area contributed by atoms with E-state index in [2.05, 4.69) is 0 Å². The highest BCUT2D eigenvalue weighted by Crippen LogP contribution is 1.85. The van der Waals surface area contributed by atoms with Gasteiger partial charge in [-0.1, -0.05) is 0 Å². The van der Waals surface area contributed by atoms with Crippen LogP contribution in [0.25, 0.3) is 0 Å². The molecule has 1 aliphatic heterocycles. The highest BCUT2D eigenvalue weighted by molar-refractivity contribution is 5.32. The van der Waals surface area contributed by atoms with Crippen LogP contribution in [0.1, 0.15) is 0 Å². The predicted molar refractivity (Wildman–Crippen MR) is 30.3 cm³/mol. The van der Waals surface area contributed by atoms with Crippen molar-refractivity contribution < 1.29 is 19.4 Å². The van der Waals surface area contributed by atoms with Crippen LogP contribution in [-0.2, 0) is 14.3 Å². The van der Waals surface area contributed by atoms with E-state index < -0.39 is 0 Å². The van der Waals surface area contributed by atoms with Crippen LogP contribution in [0.15, 0.2) is 0 Å². The van der Waals surface area contributed by atoms with E-state index in [9.17, 15) is 0 Å². The molecular weight excluding hydrogens is 124 g/mol. The lowest BCUT2D eigenvalue weighted by Gasteiger charge is -2.09. The van der Waals surface area contributed by atoms with Crippen LogP contribution in [0.5, 0.6) is 0 Å². The Labute approximate surface area is 53.4 Å². The summed E-state index contributed by atoms with van der Waals surface area (Å²) in [5.41, 5.74) is 0. The molecule has 1 N–H and O–H groups in total. The van der Waals surface area contributed by atoms with E-state index in [0.29, 0.717) is 0 Å². The average molecular weight is 134 g/mol. The standard InChI is InChI=1S/C4H8O2.CH2O2/c1-2-6-4-3-5-1;2-1-3/h1-4H2;1H,(H,2,3). The van der Waals surface area contributed by atoms with Crippen molar-refractivity contribution in [3.63, 3.8) is 0 Å². The topological polar surface area (TPSA) is 55.8 Å². The van der Waals surface area contributed by atoms with Gasteiger partial charge in [0.1, 0.15) is 0 Å². The van der Waals surface area contributed by atoms with Gasteiger partial charge in [-0.2, -0.15) is 0 Å². The van der Waals surface area contributed by atoms with Crippen molar-refractivity contribution in [2.75, 3.05) is 26.4 Å². The Kier molecular flexibility index (Phi) is 6.89. The van der Waals surface area contributed by atoms with Crippen molar-refractivity contribution in [1.29, 1.82) is 0 Å². The molecule has 0 amide bonds. The van der Waals surface area contributed by atoms with Gasteiger partial charge in [0.25, 0.3) is 6.47 Å². The van der Waals surface area contributed by atoms with Crippen molar-refractivity contribution >= 4 is 6.47 Å². The lowest BCUT2D eigenvalue weighted by atomic mass is 10.6. The average Bonchev–Trinajstić information content (AvgIpc) is 1.93. The van der Waals surface area contributed by atoms with Gasteiger partial charge in [0, 0.05) is 0 Å². The van der Waals surface area contributed by atoms with Crippen molar-refractivity contribution in [2.24, 2.45) is 0 Å². The van der Waals surface area contributed by atoms with Gasteiger partial charge in [0.05, 0.1) is 26.4 Å². The molecule has 0 atom stereocenters. The normalized spacial score (nSPS) is 17.3. The van der Waals surface area contributed by atoms with Gasteiger partial charge in [0.2, 0.25) is 0 Å². The number of carbonyl (C=O) groups is 1. The van der Waals surface area contributed by atoms with Crippen LogP contribution in [0.4, 0.5) is 0 Å². The molecule has 0 aromatic carbocycles. The molecule has 1 fully saturated rings. The molecule has 0 saturated carbocycles. The van der Waals surface area contributed by atoms with Crippen LogP contribution in [0, 0.1) is 0 Å². The summed E-state index contributed by atoms with van der Waals surface area (Å²) in [5, 5.41) is 6.89. The Morgan fingerprint density at radius 3 is 1.44 bits per heavy atom. The fourth-order valence-electron chi connectivity index (χ4n) is 0.440. The number of hydrogen-bond donors (Lipinski definition) is 1. The maximum absolute atomic E-state index is 8.36. The maximum atomic E-state index is 8.36. The second kappa shape index (κ2) is 7.39. The molecule has 1 heterocycles. The van der Waals surface area contributed by atoms with Crippen LogP contribution < -0.4 is 0 Å². The zero-order valence-electron chi connectivity index (χ0n) is 5.08. The molecule has 0 bridgehead atoms. The summed E-state index contributed by atoms with van der Waals surface area (Å²) in [6.07, 6.45) is 0. The molecule has 1 saturated heterocycles. The second-order valence-electron chi connectivity index (χ2n) is 1.33. The fraction of sp³-hybridized carbons (Fsp3) is 0.800. The van der Waals surface area contributed by atoms with Crippen LogP contribution in [0.3, 0.4) is 0 Å². The van der Waals surface area contributed by atoms with Gasteiger partial charge in [-0.3, -0.25) is 4.79 Å². The summed E-state index contributed by atoms with van der Waals surface area (Å²) in [6, 6.07) is 0. The zero-order chi connectivity index (χ0) is 6.95. The Hall–Kier alpha value is -0.610. The fourth-order valence-corrected chi connectivity index (χ4v) is 0.440. The molecule has 1 aliphatic rings. The first-order valence-electron chi connectivity index (χ1n) is 2.65. The molecule has 0 aromatic rings. The molecule has 54 valence electrons. The minimum atomic E-state index is -0.250. The third kappa shape index (κ3) is 7.39. The third-order valence-electron chi connectivity index (χ3n) is 0.744. The largest absolute Gasteiger partial charge is 0.483 e. The molecule has 4 nitrogen and oxygen atoms in total. The lowest BCUT2D eigenvalue weighted by Crippen LogP contribution is -2.16. The first-order chi connectivity index (χ1) is 4.41. The highest BCUT2D eigenvalue weighted by atomic mass is 16.6. The van der Waals surface area contributed by atoms with E-state index in [4.69, 9.17) is 19.4 Å². The summed E-state index contributed by atoms with van der Waals surface area (Å²) >= 11 is 0. The van der Waals surface area contributed by atoms with Crippen LogP contribution in [0.2, 0.25) is 0 Å². The Bertz CT molecular complexity index is 48.5. The van der Waals surface area contributed by atoms with Gasteiger partial charge >= 0.3 is 0 Å². The van der Waals surface area contributed by atoms with Gasteiger partial charge < -0.3 is 14.6 Å². The van der Waals surface area contributed by atoms with Crippen LogP contribution in [-0.4, -0.2) is 38.0 Å². The number of ether oxygens (including phenoxy) is 2. The summed E-state index contributed by atoms with van der Waals surface area (Å²) in [7, 11) is 0. The van der Waals surface area contributed by atoms with Gasteiger partial charge in [0.15, 0.2) is 0 Å². The van der Waals surface area contributed by atoms with E-state index in [0.717, 1.165) is 26.4 Å². The van der Waals surface area contributed by atoms with Crippen molar-refractivity contribution in [3.8, 4) is 0 Å². The lowest BCUT2D eigenvalue weighted by molar-refractivity contribution is -0.122. The van der Waals surface area contributed by atoms with Crippen molar-refractivity contribution in [2.45, 2.75) is 0 Å². The molecule has 4 heteroatoms. The molecule has 0 spiro atoms. The zero-order valence-corrected chi connectivity index (χ0v) is 5.08. The molecule has 1 rings (SSSR count). The SMILES string of the molecule is C1COCCO1.O=CO. The minimum absolute atomic E-state index is 0.250. The molecule has 9 heavy (non-hydrogen) atoms. The smallest absolute Gasteiger partial charge is 0.290 e. The quantitative estimate of drug-likeness (QED) is 0.463. The summed E-state index contributed by atoms with van der Waals surface area (Å²) in [4.78, 5) is 8.36. The summed E-state index contributed by atoms with van der Waals surface area (Å²) in [5.74, 6) is 0. The van der Waals surface area contributed by atoms with E-state index in [1.165, 1.54) is 0 Å². The van der Waals surface area contributed by atoms with Gasteiger partial charge in [-0.15, -0.1) is 0 Å².